The van der Waals surface area contributed by atoms with Gasteiger partial charge in [0.2, 0.25) is 5.91 Å². The molecule has 0 bridgehead atoms. The largest absolute Gasteiger partial charge is 0.370 e. The van der Waals surface area contributed by atoms with Gasteiger partial charge in [-0.15, -0.1) is 0 Å². The summed E-state index contributed by atoms with van der Waals surface area (Å²) in [7, 11) is 0. The second-order valence-electron chi connectivity index (χ2n) is 7.71. The Morgan fingerprint density at radius 2 is 1.79 bits per heavy atom. The van der Waals surface area contributed by atoms with Gasteiger partial charge in [0.25, 0.3) is 0 Å². The van der Waals surface area contributed by atoms with Crippen LogP contribution in [-0.2, 0) is 4.79 Å². The normalized spacial score (nSPS) is 17.4. The van der Waals surface area contributed by atoms with Gasteiger partial charge in [0.15, 0.2) is 5.82 Å². The van der Waals surface area contributed by atoms with Crippen LogP contribution >= 0.6 is 0 Å². The lowest BCUT2D eigenvalue weighted by molar-refractivity contribution is -0.121. The van der Waals surface area contributed by atoms with Crippen LogP contribution < -0.4 is 15.5 Å². The zero-order valence-electron chi connectivity index (χ0n) is 16.7. The smallest absolute Gasteiger partial charge is 0.321 e. The number of aromatic nitrogens is 1. The van der Waals surface area contributed by atoms with Crippen LogP contribution in [0.1, 0.15) is 31.4 Å². The van der Waals surface area contributed by atoms with Gasteiger partial charge in [-0.05, 0) is 44.7 Å². The highest BCUT2D eigenvalue weighted by atomic mass is 16.5. The SMILES string of the molecule is Cc1cc(NC(=O)C2CCN(C(=O)Nc3ccccc3N3CCCC3)CC2)no1. The first kappa shape index (κ1) is 19.3. The van der Waals surface area contributed by atoms with Gasteiger partial charge >= 0.3 is 6.03 Å². The second-order valence-corrected chi connectivity index (χ2v) is 7.71. The van der Waals surface area contributed by atoms with Crippen LogP contribution in [0.5, 0.6) is 0 Å². The van der Waals surface area contributed by atoms with E-state index in [1.54, 1.807) is 17.9 Å². The molecular weight excluding hydrogens is 370 g/mol. The number of carbonyl (C=O) groups is 2. The number of para-hydroxylation sites is 2. The van der Waals surface area contributed by atoms with E-state index in [1.807, 2.05) is 18.2 Å². The molecule has 1 aromatic heterocycles. The third-order valence-electron chi connectivity index (χ3n) is 5.62. The highest BCUT2D eigenvalue weighted by Gasteiger charge is 2.28. The van der Waals surface area contributed by atoms with Crippen LogP contribution in [0.4, 0.5) is 22.0 Å². The van der Waals surface area contributed by atoms with Crippen LogP contribution in [0.25, 0.3) is 0 Å². The molecule has 3 heterocycles. The number of hydrogen-bond acceptors (Lipinski definition) is 5. The molecule has 0 saturated carbocycles. The Morgan fingerprint density at radius 3 is 2.48 bits per heavy atom. The lowest BCUT2D eigenvalue weighted by Gasteiger charge is -2.31. The molecule has 29 heavy (non-hydrogen) atoms. The number of aryl methyl sites for hydroxylation is 1. The molecule has 0 aliphatic carbocycles. The molecule has 154 valence electrons. The lowest BCUT2D eigenvalue weighted by Crippen LogP contribution is -2.43. The third kappa shape index (κ3) is 4.52. The molecule has 2 aliphatic rings. The molecule has 8 heteroatoms. The van der Waals surface area contributed by atoms with Gasteiger partial charge in [-0.2, -0.15) is 0 Å². The molecular formula is C21H27N5O3. The van der Waals surface area contributed by atoms with E-state index in [0.717, 1.165) is 24.5 Å². The Morgan fingerprint density at radius 1 is 1.07 bits per heavy atom. The third-order valence-corrected chi connectivity index (χ3v) is 5.62. The molecule has 2 saturated heterocycles. The number of rotatable bonds is 4. The number of amides is 3. The Hall–Kier alpha value is -3.03. The maximum absolute atomic E-state index is 12.8. The molecule has 0 atom stereocenters. The summed E-state index contributed by atoms with van der Waals surface area (Å²) in [6.07, 6.45) is 3.63. The molecule has 0 radical (unpaired) electrons. The van der Waals surface area contributed by atoms with Gasteiger partial charge in [-0.25, -0.2) is 4.79 Å². The molecule has 0 unspecified atom stereocenters. The number of benzene rings is 1. The fourth-order valence-corrected chi connectivity index (χ4v) is 4.01. The van der Waals surface area contributed by atoms with E-state index in [2.05, 4.69) is 26.8 Å². The molecule has 2 N–H and O–H groups in total. The van der Waals surface area contributed by atoms with Crippen molar-refractivity contribution < 1.29 is 14.1 Å². The van der Waals surface area contributed by atoms with Crippen LogP contribution in [-0.4, -0.2) is 48.2 Å². The van der Waals surface area contributed by atoms with Crippen LogP contribution in [0.2, 0.25) is 0 Å². The van der Waals surface area contributed by atoms with Crippen molar-refractivity contribution in [1.82, 2.24) is 10.1 Å². The van der Waals surface area contributed by atoms with Crippen molar-refractivity contribution in [2.45, 2.75) is 32.6 Å². The van der Waals surface area contributed by atoms with Crippen molar-refractivity contribution in [3.63, 3.8) is 0 Å². The number of urea groups is 1. The number of carbonyl (C=O) groups excluding carboxylic acids is 2. The molecule has 2 fully saturated rings. The first-order chi connectivity index (χ1) is 14.1. The highest BCUT2D eigenvalue weighted by molar-refractivity contribution is 5.94. The first-order valence-electron chi connectivity index (χ1n) is 10.2. The highest BCUT2D eigenvalue weighted by Crippen LogP contribution is 2.29. The summed E-state index contributed by atoms with van der Waals surface area (Å²) in [4.78, 5) is 29.3. The Balaban J connectivity index is 1.31. The zero-order valence-corrected chi connectivity index (χ0v) is 16.7. The van der Waals surface area contributed by atoms with Crippen molar-refractivity contribution in [3.8, 4) is 0 Å². The lowest BCUT2D eigenvalue weighted by atomic mass is 9.96. The average Bonchev–Trinajstić information content (AvgIpc) is 3.40. The standard InChI is InChI=1S/C21H27N5O3/c1-15-14-19(24-29-15)23-20(27)16-8-12-26(13-9-16)21(28)22-17-6-2-3-7-18(17)25-10-4-5-11-25/h2-3,6-7,14,16H,4-5,8-13H2,1H3,(H,22,28)(H,23,24,27). The minimum absolute atomic E-state index is 0.0715. The van der Waals surface area contributed by atoms with Crippen LogP contribution in [0, 0.1) is 12.8 Å². The van der Waals surface area contributed by atoms with Crippen molar-refractivity contribution in [2.24, 2.45) is 5.92 Å². The molecule has 3 amide bonds. The summed E-state index contributed by atoms with van der Waals surface area (Å²) in [6.45, 7) is 4.93. The Labute approximate surface area is 170 Å². The van der Waals surface area contributed by atoms with Crippen molar-refractivity contribution in [3.05, 3.63) is 36.1 Å². The predicted molar refractivity (Wildman–Crippen MR) is 111 cm³/mol. The van der Waals surface area contributed by atoms with Crippen molar-refractivity contribution in [2.75, 3.05) is 41.7 Å². The van der Waals surface area contributed by atoms with E-state index in [0.29, 0.717) is 37.5 Å². The quantitative estimate of drug-likeness (QED) is 0.824. The number of piperidine rings is 1. The van der Waals surface area contributed by atoms with Gasteiger partial charge in [0.1, 0.15) is 5.76 Å². The Bertz CT molecular complexity index is 867. The van der Waals surface area contributed by atoms with E-state index < -0.39 is 0 Å². The van der Waals surface area contributed by atoms with E-state index >= 15 is 0 Å². The minimum Gasteiger partial charge on any atom is -0.370 e. The first-order valence-corrected chi connectivity index (χ1v) is 10.2. The molecule has 2 aromatic rings. The van der Waals surface area contributed by atoms with Gasteiger partial charge < -0.3 is 25.0 Å². The number of hydrogen-bond donors (Lipinski definition) is 2. The molecule has 0 spiro atoms. The van der Waals surface area contributed by atoms with Gasteiger partial charge in [0, 0.05) is 38.2 Å². The summed E-state index contributed by atoms with van der Waals surface area (Å²) >= 11 is 0. The average molecular weight is 397 g/mol. The van der Waals surface area contributed by atoms with Gasteiger partial charge in [-0.1, -0.05) is 17.3 Å². The number of nitrogens with one attached hydrogen (secondary N) is 2. The number of nitrogens with zero attached hydrogens (tertiary/aromatic N) is 3. The molecule has 4 rings (SSSR count). The summed E-state index contributed by atoms with van der Waals surface area (Å²) in [5.74, 6) is 0.887. The monoisotopic (exact) mass is 397 g/mol. The van der Waals surface area contributed by atoms with E-state index in [9.17, 15) is 9.59 Å². The summed E-state index contributed by atoms with van der Waals surface area (Å²) in [5.41, 5.74) is 1.93. The second kappa shape index (κ2) is 8.55. The number of anilines is 3. The molecule has 8 nitrogen and oxygen atoms in total. The molecule has 2 aliphatic heterocycles. The maximum atomic E-state index is 12.8. The van der Waals surface area contributed by atoms with E-state index in [1.165, 1.54) is 12.8 Å². The van der Waals surface area contributed by atoms with Gasteiger partial charge in [-0.3, -0.25) is 4.79 Å². The van der Waals surface area contributed by atoms with Crippen LogP contribution in [0.3, 0.4) is 0 Å². The van der Waals surface area contributed by atoms with Gasteiger partial charge in [0.05, 0.1) is 11.4 Å². The summed E-state index contributed by atoms with van der Waals surface area (Å²) in [5, 5.41) is 9.65. The van der Waals surface area contributed by atoms with E-state index in [4.69, 9.17) is 4.52 Å². The maximum Gasteiger partial charge on any atom is 0.321 e. The Kier molecular flexibility index (Phi) is 5.69. The summed E-state index contributed by atoms with van der Waals surface area (Å²) in [6, 6.07) is 9.54. The minimum atomic E-state index is -0.132. The topological polar surface area (TPSA) is 90.7 Å². The van der Waals surface area contributed by atoms with Crippen molar-refractivity contribution in [1.29, 1.82) is 0 Å². The number of likely N-dealkylation sites (tertiary alicyclic amines) is 1. The summed E-state index contributed by atoms with van der Waals surface area (Å²) < 4.78 is 4.97. The molecule has 1 aromatic carbocycles. The zero-order chi connectivity index (χ0) is 20.2. The van der Waals surface area contributed by atoms with Crippen molar-refractivity contribution >= 4 is 29.1 Å². The predicted octanol–water partition coefficient (Wildman–Crippen LogP) is 3.47. The van der Waals surface area contributed by atoms with Crippen LogP contribution in [0.15, 0.2) is 34.9 Å². The fourth-order valence-electron chi connectivity index (χ4n) is 4.01. The van der Waals surface area contributed by atoms with E-state index in [-0.39, 0.29) is 17.9 Å². The fraction of sp³-hybridized carbons (Fsp3) is 0.476.